The maximum absolute atomic E-state index is 12.1. The Morgan fingerprint density at radius 3 is 2.33 bits per heavy atom. The van der Waals surface area contributed by atoms with Crippen LogP contribution in [0.2, 0.25) is 0 Å². The Balaban J connectivity index is 1.80. The summed E-state index contributed by atoms with van der Waals surface area (Å²) in [7, 11) is 0. The van der Waals surface area contributed by atoms with Gasteiger partial charge in [-0.05, 0) is 69.5 Å². The van der Waals surface area contributed by atoms with Crippen LogP contribution >= 0.6 is 0 Å². The number of aromatic hydroxyl groups is 1. The molecule has 0 aliphatic heterocycles. The molecule has 0 spiro atoms. The molecule has 8 nitrogen and oxygen atoms in total. The molecule has 33 heavy (non-hydrogen) atoms. The smallest absolute Gasteiger partial charge is 0.340 e. The van der Waals surface area contributed by atoms with Gasteiger partial charge in [-0.1, -0.05) is 18.2 Å². The maximum Gasteiger partial charge on any atom is 0.340 e. The highest BCUT2D eigenvalue weighted by Crippen LogP contribution is 2.22. The normalized spacial score (nSPS) is 13.3. The number of aliphatic hydroxyl groups is 2. The number of phenols is 1. The lowest BCUT2D eigenvalue weighted by Gasteiger charge is -2.18. The number of benzene rings is 2. The van der Waals surface area contributed by atoms with E-state index in [-0.39, 0.29) is 18.4 Å². The SMILES string of the molecule is CC(Cc1ccc(C(=O)OCOC(=O)C(C)(C)C)cc1)NCC(O)c1ccc(O)c(CO)c1. The molecular weight excluding hydrogens is 426 g/mol. The van der Waals surface area contributed by atoms with Crippen molar-refractivity contribution in [1.82, 2.24) is 5.32 Å². The lowest BCUT2D eigenvalue weighted by atomic mass is 9.98. The Morgan fingerprint density at radius 2 is 1.73 bits per heavy atom. The third-order valence-corrected chi connectivity index (χ3v) is 5.04. The highest BCUT2D eigenvalue weighted by atomic mass is 16.7. The molecule has 0 saturated heterocycles. The summed E-state index contributed by atoms with van der Waals surface area (Å²) in [6.45, 7) is 6.69. The lowest BCUT2D eigenvalue weighted by molar-refractivity contribution is -0.161. The van der Waals surface area contributed by atoms with E-state index in [1.54, 1.807) is 45.0 Å². The van der Waals surface area contributed by atoms with Crippen LogP contribution in [0.4, 0.5) is 0 Å². The molecule has 180 valence electrons. The summed E-state index contributed by atoms with van der Waals surface area (Å²) in [4.78, 5) is 23.8. The second-order valence-corrected chi connectivity index (χ2v) is 9.00. The number of rotatable bonds is 10. The van der Waals surface area contributed by atoms with Crippen molar-refractivity contribution in [2.45, 2.75) is 52.9 Å². The van der Waals surface area contributed by atoms with E-state index in [0.29, 0.717) is 29.7 Å². The van der Waals surface area contributed by atoms with Crippen LogP contribution in [0.15, 0.2) is 42.5 Å². The third kappa shape index (κ3) is 8.16. The highest BCUT2D eigenvalue weighted by Gasteiger charge is 2.23. The van der Waals surface area contributed by atoms with Crippen molar-refractivity contribution in [3.63, 3.8) is 0 Å². The molecule has 0 amide bonds. The summed E-state index contributed by atoms with van der Waals surface area (Å²) >= 11 is 0. The van der Waals surface area contributed by atoms with Crippen LogP contribution in [0.25, 0.3) is 0 Å². The number of hydrogen-bond acceptors (Lipinski definition) is 8. The van der Waals surface area contributed by atoms with Crippen molar-refractivity contribution >= 4 is 11.9 Å². The van der Waals surface area contributed by atoms with Gasteiger partial charge in [0.25, 0.3) is 0 Å². The van der Waals surface area contributed by atoms with Crippen molar-refractivity contribution in [3.8, 4) is 5.75 Å². The number of aliphatic hydroxyl groups excluding tert-OH is 2. The minimum Gasteiger partial charge on any atom is -0.508 e. The van der Waals surface area contributed by atoms with Crippen molar-refractivity contribution in [2.24, 2.45) is 5.41 Å². The summed E-state index contributed by atoms with van der Waals surface area (Å²) in [6, 6.07) is 11.6. The van der Waals surface area contributed by atoms with E-state index in [9.17, 15) is 24.9 Å². The Kier molecular flexibility index (Phi) is 9.40. The van der Waals surface area contributed by atoms with Gasteiger partial charge in [-0.15, -0.1) is 0 Å². The molecule has 2 aromatic rings. The van der Waals surface area contributed by atoms with E-state index in [1.165, 1.54) is 6.07 Å². The van der Waals surface area contributed by atoms with Gasteiger partial charge in [-0.25, -0.2) is 4.79 Å². The molecule has 0 radical (unpaired) electrons. The molecule has 0 aliphatic carbocycles. The predicted molar refractivity (Wildman–Crippen MR) is 122 cm³/mol. The first-order valence-electron chi connectivity index (χ1n) is 10.8. The van der Waals surface area contributed by atoms with Crippen molar-refractivity contribution in [3.05, 3.63) is 64.7 Å². The van der Waals surface area contributed by atoms with Crippen molar-refractivity contribution in [1.29, 1.82) is 0 Å². The fourth-order valence-electron chi connectivity index (χ4n) is 3.01. The Hall–Kier alpha value is -2.94. The van der Waals surface area contributed by atoms with Crippen LogP contribution in [-0.2, 0) is 27.3 Å². The topological polar surface area (TPSA) is 125 Å². The van der Waals surface area contributed by atoms with Crippen LogP contribution in [-0.4, -0.2) is 46.6 Å². The maximum atomic E-state index is 12.1. The molecule has 0 fully saturated rings. The number of carbonyl (C=O) groups excluding carboxylic acids is 2. The first kappa shape index (κ1) is 26.3. The number of nitrogens with one attached hydrogen (secondary N) is 1. The van der Waals surface area contributed by atoms with Gasteiger partial charge in [-0.3, -0.25) is 4.79 Å². The molecule has 2 unspecified atom stereocenters. The fourth-order valence-corrected chi connectivity index (χ4v) is 3.01. The van der Waals surface area contributed by atoms with Gasteiger partial charge in [0.15, 0.2) is 0 Å². The minimum absolute atomic E-state index is 0.00646. The van der Waals surface area contributed by atoms with Crippen LogP contribution in [0.3, 0.4) is 0 Å². The molecule has 2 aromatic carbocycles. The van der Waals surface area contributed by atoms with Crippen LogP contribution < -0.4 is 5.32 Å². The van der Waals surface area contributed by atoms with Gasteiger partial charge < -0.3 is 30.1 Å². The summed E-state index contributed by atoms with van der Waals surface area (Å²) in [5, 5.41) is 32.5. The summed E-state index contributed by atoms with van der Waals surface area (Å²) in [6.07, 6.45) is -0.120. The monoisotopic (exact) mass is 459 g/mol. The summed E-state index contributed by atoms with van der Waals surface area (Å²) < 4.78 is 9.93. The standard InChI is InChI=1S/C25H33NO7/c1-16(26-13-22(29)19-9-10-21(28)20(12-19)14-27)11-17-5-7-18(8-6-17)23(30)32-15-33-24(31)25(2,3)4/h5-10,12,16,22,26-29H,11,13-15H2,1-4H3. The second-order valence-electron chi connectivity index (χ2n) is 9.00. The molecule has 0 bridgehead atoms. The van der Waals surface area contributed by atoms with Crippen molar-refractivity contribution in [2.75, 3.05) is 13.3 Å². The third-order valence-electron chi connectivity index (χ3n) is 5.04. The number of esters is 2. The van der Waals surface area contributed by atoms with E-state index < -0.39 is 30.3 Å². The van der Waals surface area contributed by atoms with Crippen molar-refractivity contribution < 1.29 is 34.4 Å². The van der Waals surface area contributed by atoms with E-state index in [2.05, 4.69) is 5.32 Å². The second kappa shape index (κ2) is 11.8. The van der Waals surface area contributed by atoms with Gasteiger partial charge >= 0.3 is 11.9 Å². The molecule has 8 heteroatoms. The summed E-state index contributed by atoms with van der Waals surface area (Å²) in [5.41, 5.74) is 1.65. The molecule has 0 aromatic heterocycles. The summed E-state index contributed by atoms with van der Waals surface area (Å²) in [5.74, 6) is -1.03. The minimum atomic E-state index is -0.789. The van der Waals surface area contributed by atoms with E-state index in [4.69, 9.17) is 9.47 Å². The zero-order valence-electron chi connectivity index (χ0n) is 19.5. The number of ether oxygens (including phenoxy) is 2. The molecule has 2 atom stereocenters. The Bertz CT molecular complexity index is 935. The quantitative estimate of drug-likeness (QED) is 0.316. The number of hydrogen-bond donors (Lipinski definition) is 4. The number of carbonyl (C=O) groups is 2. The highest BCUT2D eigenvalue weighted by molar-refractivity contribution is 5.89. The predicted octanol–water partition coefficient (Wildman–Crippen LogP) is 2.84. The first-order valence-corrected chi connectivity index (χ1v) is 10.8. The Labute approximate surface area is 194 Å². The average molecular weight is 460 g/mol. The largest absolute Gasteiger partial charge is 0.508 e. The van der Waals surface area contributed by atoms with E-state index >= 15 is 0 Å². The van der Waals surface area contributed by atoms with Gasteiger partial charge in [0.2, 0.25) is 6.79 Å². The van der Waals surface area contributed by atoms with E-state index in [1.807, 2.05) is 19.1 Å². The van der Waals surface area contributed by atoms with Crippen LogP contribution in [0.5, 0.6) is 5.75 Å². The lowest BCUT2D eigenvalue weighted by Crippen LogP contribution is -2.32. The zero-order valence-corrected chi connectivity index (χ0v) is 19.5. The Morgan fingerprint density at radius 1 is 1.06 bits per heavy atom. The molecule has 0 heterocycles. The van der Waals surface area contributed by atoms with Crippen LogP contribution in [0, 0.1) is 5.41 Å². The van der Waals surface area contributed by atoms with E-state index in [0.717, 1.165) is 5.56 Å². The van der Waals surface area contributed by atoms with Gasteiger partial charge in [0.1, 0.15) is 5.75 Å². The van der Waals surface area contributed by atoms with Crippen LogP contribution in [0.1, 0.15) is 60.8 Å². The molecule has 4 N–H and O–H groups in total. The zero-order chi connectivity index (χ0) is 24.6. The fraction of sp³-hybridized carbons (Fsp3) is 0.440. The molecular formula is C25H33NO7. The molecule has 0 saturated carbocycles. The molecule has 0 aliphatic rings. The van der Waals surface area contributed by atoms with Gasteiger partial charge in [-0.2, -0.15) is 0 Å². The van der Waals surface area contributed by atoms with Gasteiger partial charge in [0, 0.05) is 18.2 Å². The first-order chi connectivity index (χ1) is 15.5. The average Bonchev–Trinajstić information content (AvgIpc) is 2.77. The van der Waals surface area contributed by atoms with Gasteiger partial charge in [0.05, 0.1) is 23.7 Å². The molecule has 2 rings (SSSR count).